The molecular formula is C28H51N3O4. The maximum absolute atomic E-state index is 14.0. The molecule has 0 heterocycles. The van der Waals surface area contributed by atoms with Crippen LogP contribution >= 0.6 is 0 Å². The standard InChI is InChI=1S/C28H51N3O4/c1-6-8-18-31(23-15-11-10-14-22(23)21(7-2)25(29)33)24(32)19-28(16-12-9-13-17-28)20-30-26(34)35-27(3,4)5/h21-23H,6-20H2,1-5H3,(H2,29,33)(H,30,34)/t21-,22-,23-/m0/s1. The van der Waals surface area contributed by atoms with Gasteiger partial charge >= 0.3 is 6.09 Å². The molecule has 0 aliphatic heterocycles. The molecule has 2 aliphatic carbocycles. The summed E-state index contributed by atoms with van der Waals surface area (Å²) in [6.45, 7) is 10.9. The summed E-state index contributed by atoms with van der Waals surface area (Å²) in [5.41, 5.74) is 5.01. The second kappa shape index (κ2) is 13.5. The van der Waals surface area contributed by atoms with Crippen molar-refractivity contribution < 1.29 is 19.1 Å². The Balaban J connectivity index is 2.22. The molecule has 0 bridgehead atoms. The molecule has 2 rings (SSSR count). The van der Waals surface area contributed by atoms with E-state index in [1.165, 1.54) is 6.42 Å². The van der Waals surface area contributed by atoms with Crippen LogP contribution in [0.25, 0.3) is 0 Å². The largest absolute Gasteiger partial charge is 0.444 e. The van der Waals surface area contributed by atoms with E-state index in [4.69, 9.17) is 10.5 Å². The Hall–Kier alpha value is -1.79. The van der Waals surface area contributed by atoms with Crippen LogP contribution < -0.4 is 11.1 Å². The van der Waals surface area contributed by atoms with E-state index >= 15 is 0 Å². The highest BCUT2D eigenvalue weighted by atomic mass is 16.6. The van der Waals surface area contributed by atoms with Crippen LogP contribution in [0.15, 0.2) is 0 Å². The number of hydrogen-bond acceptors (Lipinski definition) is 4. The highest BCUT2D eigenvalue weighted by Crippen LogP contribution is 2.41. The predicted molar refractivity (Wildman–Crippen MR) is 140 cm³/mol. The molecule has 3 N–H and O–H groups in total. The third-order valence-corrected chi connectivity index (χ3v) is 8.02. The molecule has 0 unspecified atom stereocenters. The van der Waals surface area contributed by atoms with Gasteiger partial charge in [-0.25, -0.2) is 4.79 Å². The van der Waals surface area contributed by atoms with E-state index in [0.717, 1.165) is 77.2 Å². The van der Waals surface area contributed by atoms with Crippen molar-refractivity contribution in [2.45, 2.75) is 130 Å². The molecule has 3 atom stereocenters. The molecule has 0 spiro atoms. The molecule has 0 saturated heterocycles. The normalized spacial score (nSPS) is 23.2. The summed E-state index contributed by atoms with van der Waals surface area (Å²) < 4.78 is 5.46. The summed E-state index contributed by atoms with van der Waals surface area (Å²) >= 11 is 0. The van der Waals surface area contributed by atoms with Crippen molar-refractivity contribution in [2.24, 2.45) is 23.0 Å². The van der Waals surface area contributed by atoms with Gasteiger partial charge in [0.2, 0.25) is 11.8 Å². The van der Waals surface area contributed by atoms with Crippen molar-refractivity contribution in [1.29, 1.82) is 0 Å². The Labute approximate surface area is 213 Å². The minimum absolute atomic E-state index is 0.0692. The van der Waals surface area contributed by atoms with Gasteiger partial charge in [-0.2, -0.15) is 0 Å². The average molecular weight is 494 g/mol. The molecule has 0 radical (unpaired) electrons. The first-order chi connectivity index (χ1) is 16.5. The zero-order valence-electron chi connectivity index (χ0n) is 23.0. The number of hydrogen-bond donors (Lipinski definition) is 2. The molecule has 7 nitrogen and oxygen atoms in total. The topological polar surface area (TPSA) is 102 Å². The van der Waals surface area contributed by atoms with E-state index in [-0.39, 0.29) is 35.1 Å². The van der Waals surface area contributed by atoms with E-state index in [2.05, 4.69) is 17.1 Å². The number of nitrogens with one attached hydrogen (secondary N) is 1. The SMILES string of the molecule is CCCCN(C(=O)CC1(CNC(=O)OC(C)(C)C)CCCCC1)[C@H]1CCCC[C@H]1[C@H](CC)C(N)=O. The van der Waals surface area contributed by atoms with E-state index in [1.807, 2.05) is 27.7 Å². The van der Waals surface area contributed by atoms with Crippen LogP contribution in [-0.2, 0) is 14.3 Å². The fourth-order valence-electron chi connectivity index (χ4n) is 6.23. The number of alkyl carbamates (subject to hydrolysis) is 1. The molecule has 2 saturated carbocycles. The first kappa shape index (κ1) is 29.4. The first-order valence-electron chi connectivity index (χ1n) is 14.1. The fraction of sp³-hybridized carbons (Fsp3) is 0.893. The third kappa shape index (κ3) is 8.98. The van der Waals surface area contributed by atoms with Crippen molar-refractivity contribution in [3.05, 3.63) is 0 Å². The van der Waals surface area contributed by atoms with Crippen LogP contribution in [0.3, 0.4) is 0 Å². The molecule has 0 aromatic heterocycles. The summed E-state index contributed by atoms with van der Waals surface area (Å²) in [5, 5.41) is 2.97. The molecule has 202 valence electrons. The van der Waals surface area contributed by atoms with Gasteiger partial charge in [-0.1, -0.05) is 52.4 Å². The number of nitrogens with two attached hydrogens (primary N) is 1. The van der Waals surface area contributed by atoms with Gasteiger partial charge in [0.05, 0.1) is 0 Å². The van der Waals surface area contributed by atoms with Crippen molar-refractivity contribution in [1.82, 2.24) is 10.2 Å². The predicted octanol–water partition coefficient (Wildman–Crippen LogP) is 5.55. The maximum Gasteiger partial charge on any atom is 0.407 e. The lowest BCUT2D eigenvalue weighted by molar-refractivity contribution is -0.141. The Morgan fingerprint density at radius 2 is 1.71 bits per heavy atom. The minimum Gasteiger partial charge on any atom is -0.444 e. The zero-order valence-corrected chi connectivity index (χ0v) is 23.0. The first-order valence-corrected chi connectivity index (χ1v) is 14.1. The second-order valence-electron chi connectivity index (χ2n) is 12.0. The van der Waals surface area contributed by atoms with Crippen molar-refractivity contribution in [3.63, 3.8) is 0 Å². The van der Waals surface area contributed by atoms with Gasteiger partial charge in [0.1, 0.15) is 5.60 Å². The van der Waals surface area contributed by atoms with E-state index < -0.39 is 11.7 Å². The Bertz CT molecular complexity index is 697. The number of ether oxygens (including phenoxy) is 1. The van der Waals surface area contributed by atoms with E-state index in [1.54, 1.807) is 0 Å². The van der Waals surface area contributed by atoms with Gasteiger partial charge in [-0.15, -0.1) is 0 Å². The number of nitrogens with zero attached hydrogens (tertiary/aromatic N) is 1. The second-order valence-corrected chi connectivity index (χ2v) is 12.0. The molecule has 35 heavy (non-hydrogen) atoms. The van der Waals surface area contributed by atoms with Crippen LogP contribution in [-0.4, -0.2) is 47.5 Å². The summed E-state index contributed by atoms with van der Waals surface area (Å²) in [5.74, 6) is -0.121. The van der Waals surface area contributed by atoms with E-state index in [9.17, 15) is 14.4 Å². The number of carbonyl (C=O) groups is 3. The smallest absolute Gasteiger partial charge is 0.407 e. The lowest BCUT2D eigenvalue weighted by atomic mass is 9.70. The van der Waals surface area contributed by atoms with Crippen molar-refractivity contribution in [3.8, 4) is 0 Å². The zero-order chi connectivity index (χ0) is 26.1. The van der Waals surface area contributed by atoms with Crippen molar-refractivity contribution in [2.75, 3.05) is 13.1 Å². The number of carbonyl (C=O) groups excluding carboxylic acids is 3. The number of primary amides is 1. The quantitative estimate of drug-likeness (QED) is 0.394. The number of unbranched alkanes of at least 4 members (excludes halogenated alkanes) is 1. The summed E-state index contributed by atoms with van der Waals surface area (Å²) in [6.07, 6.45) is 11.9. The molecule has 0 aromatic rings. The van der Waals surface area contributed by atoms with Gasteiger partial charge in [0, 0.05) is 31.5 Å². The molecular weight excluding hydrogens is 442 g/mol. The van der Waals surface area contributed by atoms with Crippen LogP contribution in [0.2, 0.25) is 0 Å². The minimum atomic E-state index is -0.553. The Morgan fingerprint density at radius 1 is 1.06 bits per heavy atom. The van der Waals surface area contributed by atoms with Gasteiger partial charge in [0.15, 0.2) is 0 Å². The molecule has 2 fully saturated rings. The molecule has 7 heteroatoms. The number of amides is 3. The maximum atomic E-state index is 14.0. The van der Waals surface area contributed by atoms with Crippen LogP contribution in [0.4, 0.5) is 4.79 Å². The van der Waals surface area contributed by atoms with Gasteiger partial charge in [-0.05, 0) is 70.6 Å². The third-order valence-electron chi connectivity index (χ3n) is 8.02. The lowest BCUT2D eigenvalue weighted by Gasteiger charge is -2.45. The monoisotopic (exact) mass is 493 g/mol. The van der Waals surface area contributed by atoms with Crippen LogP contribution in [0.1, 0.15) is 118 Å². The van der Waals surface area contributed by atoms with E-state index in [0.29, 0.717) is 13.0 Å². The van der Waals surface area contributed by atoms with Gasteiger partial charge in [0.25, 0.3) is 0 Å². The fourth-order valence-corrected chi connectivity index (χ4v) is 6.23. The summed E-state index contributed by atoms with van der Waals surface area (Å²) in [4.78, 5) is 40.7. The number of rotatable bonds is 11. The molecule has 2 aliphatic rings. The lowest BCUT2D eigenvalue weighted by Crippen LogP contribution is -2.52. The average Bonchev–Trinajstić information content (AvgIpc) is 2.79. The van der Waals surface area contributed by atoms with Crippen LogP contribution in [0, 0.1) is 17.3 Å². The van der Waals surface area contributed by atoms with Gasteiger partial charge < -0.3 is 20.7 Å². The van der Waals surface area contributed by atoms with Gasteiger partial charge in [-0.3, -0.25) is 9.59 Å². The highest BCUT2D eigenvalue weighted by Gasteiger charge is 2.41. The van der Waals surface area contributed by atoms with Crippen LogP contribution in [0.5, 0.6) is 0 Å². The summed E-state index contributed by atoms with van der Waals surface area (Å²) in [6, 6.07) is 0.0692. The highest BCUT2D eigenvalue weighted by molar-refractivity contribution is 5.79. The Morgan fingerprint density at radius 3 is 2.29 bits per heavy atom. The summed E-state index contributed by atoms with van der Waals surface area (Å²) in [7, 11) is 0. The molecule has 0 aromatic carbocycles. The molecule has 3 amide bonds. The Kier molecular flexibility index (Phi) is 11.4. The van der Waals surface area contributed by atoms with Crippen molar-refractivity contribution >= 4 is 17.9 Å².